The van der Waals surface area contributed by atoms with E-state index in [9.17, 15) is 4.39 Å². The summed E-state index contributed by atoms with van der Waals surface area (Å²) in [4.78, 5) is 2.36. The zero-order chi connectivity index (χ0) is 14.0. The van der Waals surface area contributed by atoms with Gasteiger partial charge in [-0.3, -0.25) is 0 Å². The number of nitrogens with one attached hydrogen (secondary N) is 1. The van der Waals surface area contributed by atoms with Crippen molar-refractivity contribution in [3.8, 4) is 0 Å². The van der Waals surface area contributed by atoms with Crippen LogP contribution in [0.3, 0.4) is 0 Å². The number of nitrogens with zero attached hydrogens (tertiary/aromatic N) is 1. The first-order valence-electron chi connectivity index (χ1n) is 6.98. The molecule has 1 fully saturated rings. The molecule has 1 saturated heterocycles. The van der Waals surface area contributed by atoms with E-state index in [0.29, 0.717) is 18.0 Å². The summed E-state index contributed by atoms with van der Waals surface area (Å²) in [6, 6.07) is 5.93. The van der Waals surface area contributed by atoms with Crippen LogP contribution in [0.1, 0.15) is 27.2 Å². The third-order valence-corrected chi connectivity index (χ3v) is 4.22. The molecule has 0 saturated carbocycles. The van der Waals surface area contributed by atoms with Gasteiger partial charge in [-0.15, -0.1) is 0 Å². The summed E-state index contributed by atoms with van der Waals surface area (Å²) in [5.74, 6) is 0.183. The van der Waals surface area contributed by atoms with Gasteiger partial charge in [0.2, 0.25) is 0 Å². The third kappa shape index (κ3) is 3.21. The second-order valence-corrected chi connectivity index (χ2v) is 5.98. The van der Waals surface area contributed by atoms with Gasteiger partial charge in [0.1, 0.15) is 5.82 Å². The average Bonchev–Trinajstić information content (AvgIpc) is 2.41. The first kappa shape index (κ1) is 14.6. The zero-order valence-corrected chi connectivity index (χ0v) is 12.5. The van der Waals surface area contributed by atoms with Crippen molar-refractivity contribution < 1.29 is 4.39 Å². The molecule has 0 aromatic heterocycles. The van der Waals surface area contributed by atoms with Crippen LogP contribution in [0.5, 0.6) is 0 Å². The molecule has 4 heteroatoms. The van der Waals surface area contributed by atoms with Gasteiger partial charge in [0.25, 0.3) is 0 Å². The number of halogens is 2. The minimum absolute atomic E-state index is 0.201. The lowest BCUT2D eigenvalue weighted by Gasteiger charge is -2.44. The molecule has 1 heterocycles. The molecule has 0 spiro atoms. The van der Waals surface area contributed by atoms with Gasteiger partial charge in [-0.1, -0.05) is 32.4 Å². The van der Waals surface area contributed by atoms with E-state index in [1.54, 1.807) is 6.07 Å². The van der Waals surface area contributed by atoms with Crippen LogP contribution in [-0.4, -0.2) is 25.2 Å². The van der Waals surface area contributed by atoms with Gasteiger partial charge >= 0.3 is 0 Å². The minimum Gasteiger partial charge on any atom is -0.365 e. The first-order valence-corrected chi connectivity index (χ1v) is 7.35. The fourth-order valence-corrected chi connectivity index (χ4v) is 2.84. The van der Waals surface area contributed by atoms with Crippen LogP contribution in [0.15, 0.2) is 18.2 Å². The standard InChI is InChI=1S/C15H22ClFN2/c1-4-11-9-19(15(8-18-11)10(2)3)12-5-6-14(17)13(16)7-12/h5-7,10-11,15,18H,4,8-9H2,1-3H3. The van der Waals surface area contributed by atoms with Gasteiger partial charge in [0.15, 0.2) is 0 Å². The van der Waals surface area contributed by atoms with Crippen molar-refractivity contribution in [2.24, 2.45) is 5.92 Å². The normalized spacial score (nSPS) is 24.0. The molecule has 1 aromatic carbocycles. The van der Waals surface area contributed by atoms with Crippen molar-refractivity contribution in [1.29, 1.82) is 0 Å². The maximum Gasteiger partial charge on any atom is 0.141 e. The molecule has 2 nitrogen and oxygen atoms in total. The summed E-state index contributed by atoms with van der Waals surface area (Å²) in [6.07, 6.45) is 1.09. The Hall–Kier alpha value is -0.800. The smallest absolute Gasteiger partial charge is 0.141 e. The Morgan fingerprint density at radius 2 is 2.21 bits per heavy atom. The second-order valence-electron chi connectivity index (χ2n) is 5.58. The lowest BCUT2D eigenvalue weighted by atomic mass is 9.97. The summed E-state index contributed by atoms with van der Waals surface area (Å²) in [5.41, 5.74) is 1.02. The van der Waals surface area contributed by atoms with Gasteiger partial charge in [0, 0.05) is 30.9 Å². The summed E-state index contributed by atoms with van der Waals surface area (Å²) < 4.78 is 13.3. The predicted molar refractivity (Wildman–Crippen MR) is 79.5 cm³/mol. The summed E-state index contributed by atoms with van der Waals surface area (Å²) in [6.45, 7) is 8.53. The van der Waals surface area contributed by atoms with E-state index in [0.717, 1.165) is 25.2 Å². The van der Waals surface area contributed by atoms with Crippen LogP contribution >= 0.6 is 11.6 Å². The maximum atomic E-state index is 13.3. The van der Waals surface area contributed by atoms with Crippen molar-refractivity contribution in [2.75, 3.05) is 18.0 Å². The molecule has 1 aliphatic heterocycles. The van der Waals surface area contributed by atoms with Gasteiger partial charge in [0.05, 0.1) is 5.02 Å². The number of piperazine rings is 1. The van der Waals surface area contributed by atoms with Crippen molar-refractivity contribution >= 4 is 17.3 Å². The number of rotatable bonds is 3. The molecule has 0 bridgehead atoms. The van der Waals surface area contributed by atoms with E-state index in [1.165, 1.54) is 6.07 Å². The lowest BCUT2D eigenvalue weighted by molar-refractivity contribution is 0.333. The van der Waals surface area contributed by atoms with E-state index in [-0.39, 0.29) is 10.8 Å². The first-order chi connectivity index (χ1) is 9.02. The number of hydrogen-bond donors (Lipinski definition) is 1. The Bertz CT molecular complexity index is 436. The molecular weight excluding hydrogens is 263 g/mol. The topological polar surface area (TPSA) is 15.3 Å². The Morgan fingerprint density at radius 1 is 1.47 bits per heavy atom. The third-order valence-electron chi connectivity index (χ3n) is 3.93. The fraction of sp³-hybridized carbons (Fsp3) is 0.600. The van der Waals surface area contributed by atoms with Gasteiger partial charge in [-0.25, -0.2) is 4.39 Å². The Balaban J connectivity index is 2.27. The maximum absolute atomic E-state index is 13.3. The van der Waals surface area contributed by atoms with Gasteiger partial charge in [-0.2, -0.15) is 0 Å². The van der Waals surface area contributed by atoms with E-state index in [2.05, 4.69) is 31.0 Å². The van der Waals surface area contributed by atoms with E-state index < -0.39 is 0 Å². The molecule has 0 aliphatic carbocycles. The van der Waals surface area contributed by atoms with Crippen LogP contribution in [0, 0.1) is 11.7 Å². The highest BCUT2D eigenvalue weighted by Gasteiger charge is 2.29. The Labute approximate surface area is 119 Å². The molecule has 0 radical (unpaired) electrons. The van der Waals surface area contributed by atoms with Crippen LogP contribution < -0.4 is 10.2 Å². The van der Waals surface area contributed by atoms with Crippen LogP contribution in [-0.2, 0) is 0 Å². The van der Waals surface area contributed by atoms with Crippen LogP contribution in [0.2, 0.25) is 5.02 Å². The number of benzene rings is 1. The number of hydrogen-bond acceptors (Lipinski definition) is 2. The molecular formula is C15H22ClFN2. The summed E-state index contributed by atoms with van der Waals surface area (Å²) in [5, 5.41) is 3.78. The van der Waals surface area contributed by atoms with Gasteiger partial charge < -0.3 is 10.2 Å². The molecule has 1 N–H and O–H groups in total. The molecule has 2 rings (SSSR count). The Morgan fingerprint density at radius 3 is 2.79 bits per heavy atom. The average molecular weight is 285 g/mol. The molecule has 1 aromatic rings. The van der Waals surface area contributed by atoms with Crippen molar-refractivity contribution in [3.63, 3.8) is 0 Å². The van der Waals surface area contributed by atoms with E-state index in [4.69, 9.17) is 11.6 Å². The van der Waals surface area contributed by atoms with Crippen LogP contribution in [0.4, 0.5) is 10.1 Å². The quantitative estimate of drug-likeness (QED) is 0.911. The lowest BCUT2D eigenvalue weighted by Crippen LogP contribution is -2.58. The van der Waals surface area contributed by atoms with E-state index >= 15 is 0 Å². The second kappa shape index (κ2) is 6.10. The predicted octanol–water partition coefficient (Wildman–Crippen LogP) is 3.69. The van der Waals surface area contributed by atoms with Crippen molar-refractivity contribution in [1.82, 2.24) is 5.32 Å². The van der Waals surface area contributed by atoms with Crippen LogP contribution in [0.25, 0.3) is 0 Å². The molecule has 2 atom stereocenters. The minimum atomic E-state index is -0.353. The fourth-order valence-electron chi connectivity index (χ4n) is 2.66. The molecule has 2 unspecified atom stereocenters. The Kier molecular flexibility index (Phi) is 4.69. The molecule has 106 valence electrons. The van der Waals surface area contributed by atoms with Gasteiger partial charge in [-0.05, 0) is 30.5 Å². The zero-order valence-electron chi connectivity index (χ0n) is 11.8. The monoisotopic (exact) mass is 284 g/mol. The summed E-state index contributed by atoms with van der Waals surface area (Å²) >= 11 is 5.91. The summed E-state index contributed by atoms with van der Waals surface area (Å²) in [7, 11) is 0. The van der Waals surface area contributed by atoms with Crippen molar-refractivity contribution in [2.45, 2.75) is 39.3 Å². The molecule has 0 amide bonds. The SMILES string of the molecule is CCC1CN(c2ccc(F)c(Cl)c2)C(C(C)C)CN1. The highest BCUT2D eigenvalue weighted by atomic mass is 35.5. The number of anilines is 1. The largest absolute Gasteiger partial charge is 0.365 e. The van der Waals surface area contributed by atoms with Crippen molar-refractivity contribution in [3.05, 3.63) is 29.0 Å². The highest BCUT2D eigenvalue weighted by Crippen LogP contribution is 2.28. The molecule has 19 heavy (non-hydrogen) atoms. The molecule has 1 aliphatic rings. The highest BCUT2D eigenvalue weighted by molar-refractivity contribution is 6.31. The van der Waals surface area contributed by atoms with E-state index in [1.807, 2.05) is 6.07 Å².